The molecule has 2 aromatic carbocycles. The molecule has 0 saturated carbocycles. The molecule has 1 aromatic heterocycles. The number of hydrogen-bond acceptors (Lipinski definition) is 3. The summed E-state index contributed by atoms with van der Waals surface area (Å²) in [5.74, 6) is -1.88. The molecule has 1 atom stereocenters. The lowest BCUT2D eigenvalue weighted by molar-refractivity contribution is -0.139. The SMILES string of the molecule is OCc1cc(/C=C/C(c2cc(Cl)cc(Cl)c2)C(F)(F)F)ccc1-n1cncn1. The van der Waals surface area contributed by atoms with E-state index in [4.69, 9.17) is 23.2 Å². The second-order valence-electron chi connectivity index (χ2n) is 5.97. The van der Waals surface area contributed by atoms with Crippen LogP contribution in [0.2, 0.25) is 10.0 Å². The first-order valence-electron chi connectivity index (χ1n) is 8.07. The summed E-state index contributed by atoms with van der Waals surface area (Å²) in [5.41, 5.74) is 1.53. The van der Waals surface area contributed by atoms with Gasteiger partial charge in [-0.05, 0) is 41.5 Å². The van der Waals surface area contributed by atoms with Crippen LogP contribution in [0, 0.1) is 0 Å². The Morgan fingerprint density at radius 2 is 1.82 bits per heavy atom. The van der Waals surface area contributed by atoms with E-state index in [1.54, 1.807) is 18.2 Å². The molecule has 0 aliphatic heterocycles. The Kier molecular flexibility index (Phi) is 6.07. The van der Waals surface area contributed by atoms with Crippen LogP contribution >= 0.6 is 23.2 Å². The van der Waals surface area contributed by atoms with Crippen LogP contribution in [-0.4, -0.2) is 26.0 Å². The highest BCUT2D eigenvalue weighted by Crippen LogP contribution is 2.38. The van der Waals surface area contributed by atoms with Crippen molar-refractivity contribution in [2.45, 2.75) is 18.7 Å². The molecule has 146 valence electrons. The molecule has 0 bridgehead atoms. The lowest BCUT2D eigenvalue weighted by Gasteiger charge is -2.18. The zero-order valence-corrected chi connectivity index (χ0v) is 15.7. The van der Waals surface area contributed by atoms with Crippen molar-refractivity contribution in [3.8, 4) is 5.69 Å². The maximum atomic E-state index is 13.6. The van der Waals surface area contributed by atoms with E-state index in [0.717, 1.165) is 6.08 Å². The minimum Gasteiger partial charge on any atom is -0.392 e. The zero-order valence-electron chi connectivity index (χ0n) is 14.2. The number of nitrogens with zero attached hydrogens (tertiary/aromatic N) is 3. The number of halogens is 5. The van der Waals surface area contributed by atoms with Crippen LogP contribution in [0.5, 0.6) is 0 Å². The largest absolute Gasteiger partial charge is 0.399 e. The molecule has 28 heavy (non-hydrogen) atoms. The number of alkyl halides is 3. The zero-order chi connectivity index (χ0) is 20.3. The second kappa shape index (κ2) is 8.34. The maximum absolute atomic E-state index is 13.6. The minimum absolute atomic E-state index is 0.0529. The quantitative estimate of drug-likeness (QED) is 0.590. The molecule has 0 aliphatic rings. The van der Waals surface area contributed by atoms with Crippen LogP contribution in [0.25, 0.3) is 11.8 Å². The molecule has 0 saturated heterocycles. The maximum Gasteiger partial charge on any atom is 0.399 e. The van der Waals surface area contributed by atoms with E-state index in [1.807, 2.05) is 0 Å². The minimum atomic E-state index is -4.52. The van der Waals surface area contributed by atoms with Gasteiger partial charge in [0, 0.05) is 15.6 Å². The van der Waals surface area contributed by atoms with Gasteiger partial charge in [0.1, 0.15) is 12.7 Å². The Bertz CT molecular complexity index is 968. The standard InChI is InChI=1S/C19H14Cl2F3N3O/c20-15-6-13(7-16(21)8-15)17(19(22,23)24)3-1-12-2-4-18(14(5-12)9-28)27-11-25-10-26-27/h1-8,10-11,17,28H,9H2/b3-1+. The lowest BCUT2D eigenvalue weighted by atomic mass is 9.96. The van der Waals surface area contributed by atoms with Crippen molar-refractivity contribution >= 4 is 29.3 Å². The van der Waals surface area contributed by atoms with Crippen LogP contribution in [0.4, 0.5) is 13.2 Å². The Morgan fingerprint density at radius 1 is 1.11 bits per heavy atom. The van der Waals surface area contributed by atoms with Gasteiger partial charge in [-0.15, -0.1) is 0 Å². The smallest absolute Gasteiger partial charge is 0.392 e. The number of aromatic nitrogens is 3. The molecule has 0 aliphatic carbocycles. The van der Waals surface area contributed by atoms with Gasteiger partial charge in [-0.2, -0.15) is 18.3 Å². The molecule has 3 rings (SSSR count). The monoisotopic (exact) mass is 427 g/mol. The van der Waals surface area contributed by atoms with Crippen LogP contribution in [-0.2, 0) is 6.61 Å². The summed E-state index contributed by atoms with van der Waals surface area (Å²) in [7, 11) is 0. The van der Waals surface area contributed by atoms with Crippen molar-refractivity contribution in [2.24, 2.45) is 0 Å². The number of aliphatic hydroxyl groups is 1. The summed E-state index contributed by atoms with van der Waals surface area (Å²) in [5, 5.41) is 13.8. The summed E-state index contributed by atoms with van der Waals surface area (Å²) in [4.78, 5) is 3.84. The van der Waals surface area contributed by atoms with Crippen LogP contribution in [0.15, 0.2) is 55.1 Å². The molecule has 9 heteroatoms. The average molecular weight is 428 g/mol. The Morgan fingerprint density at radius 3 is 2.39 bits per heavy atom. The molecule has 0 radical (unpaired) electrons. The number of benzene rings is 2. The molecule has 1 heterocycles. The highest BCUT2D eigenvalue weighted by atomic mass is 35.5. The van der Waals surface area contributed by atoms with E-state index in [0.29, 0.717) is 16.8 Å². The number of hydrogen-bond donors (Lipinski definition) is 1. The van der Waals surface area contributed by atoms with Crippen LogP contribution in [0.1, 0.15) is 22.6 Å². The molecule has 3 aromatic rings. The van der Waals surface area contributed by atoms with Crippen molar-refractivity contribution in [1.82, 2.24) is 14.8 Å². The summed E-state index contributed by atoms with van der Waals surface area (Å²) in [6.45, 7) is -0.302. The first kappa shape index (κ1) is 20.4. The summed E-state index contributed by atoms with van der Waals surface area (Å²) >= 11 is 11.7. The molecule has 0 amide bonds. The molecule has 1 unspecified atom stereocenters. The van der Waals surface area contributed by atoms with E-state index in [-0.39, 0.29) is 22.2 Å². The van der Waals surface area contributed by atoms with Gasteiger partial charge in [-0.25, -0.2) is 9.67 Å². The first-order valence-corrected chi connectivity index (χ1v) is 8.83. The Hall–Kier alpha value is -2.35. The normalized spacial score (nSPS) is 13.2. The molecule has 4 nitrogen and oxygen atoms in total. The summed E-state index contributed by atoms with van der Waals surface area (Å²) in [6, 6.07) is 8.72. The van der Waals surface area contributed by atoms with E-state index in [9.17, 15) is 18.3 Å². The highest BCUT2D eigenvalue weighted by molar-refractivity contribution is 6.34. The molecular formula is C19H14Cl2F3N3O. The molecular weight excluding hydrogens is 414 g/mol. The van der Waals surface area contributed by atoms with Gasteiger partial charge < -0.3 is 5.11 Å². The van der Waals surface area contributed by atoms with Crippen molar-refractivity contribution in [3.05, 3.63) is 81.9 Å². The fourth-order valence-corrected chi connectivity index (χ4v) is 3.31. The lowest BCUT2D eigenvalue weighted by Crippen LogP contribution is -2.18. The van der Waals surface area contributed by atoms with Gasteiger partial charge in [0.05, 0.1) is 18.2 Å². The van der Waals surface area contributed by atoms with Gasteiger partial charge in [-0.1, -0.05) is 41.4 Å². The van der Waals surface area contributed by atoms with Crippen molar-refractivity contribution < 1.29 is 18.3 Å². The van der Waals surface area contributed by atoms with Gasteiger partial charge in [-0.3, -0.25) is 0 Å². The van der Waals surface area contributed by atoms with E-state index < -0.39 is 12.1 Å². The van der Waals surface area contributed by atoms with Crippen molar-refractivity contribution in [1.29, 1.82) is 0 Å². The fourth-order valence-electron chi connectivity index (χ4n) is 2.76. The fraction of sp³-hybridized carbons (Fsp3) is 0.158. The number of rotatable bonds is 5. The molecule has 0 fully saturated rings. The predicted octanol–water partition coefficient (Wildman–Crippen LogP) is 5.43. The van der Waals surface area contributed by atoms with Gasteiger partial charge in [0.2, 0.25) is 0 Å². The summed E-state index contributed by atoms with van der Waals surface area (Å²) < 4.78 is 42.2. The van der Waals surface area contributed by atoms with Gasteiger partial charge in [0.15, 0.2) is 0 Å². The predicted molar refractivity (Wildman–Crippen MR) is 102 cm³/mol. The third kappa shape index (κ3) is 4.73. The molecule has 0 spiro atoms. The first-order chi connectivity index (χ1) is 13.3. The number of allylic oxidation sites excluding steroid dienone is 1. The van der Waals surface area contributed by atoms with Crippen molar-refractivity contribution in [2.75, 3.05) is 0 Å². The highest BCUT2D eigenvalue weighted by Gasteiger charge is 2.39. The third-order valence-corrected chi connectivity index (χ3v) is 4.45. The summed E-state index contributed by atoms with van der Waals surface area (Å²) in [6.07, 6.45) is 0.668. The van der Waals surface area contributed by atoms with Crippen LogP contribution in [0.3, 0.4) is 0 Å². The van der Waals surface area contributed by atoms with Gasteiger partial charge >= 0.3 is 6.18 Å². The van der Waals surface area contributed by atoms with E-state index in [1.165, 1.54) is 41.6 Å². The third-order valence-electron chi connectivity index (χ3n) is 4.02. The average Bonchev–Trinajstić information content (AvgIpc) is 3.14. The van der Waals surface area contributed by atoms with Crippen molar-refractivity contribution in [3.63, 3.8) is 0 Å². The molecule has 1 N–H and O–H groups in total. The van der Waals surface area contributed by atoms with E-state index in [2.05, 4.69) is 10.1 Å². The Labute approximate surface area is 168 Å². The Balaban J connectivity index is 1.95. The van der Waals surface area contributed by atoms with Crippen LogP contribution < -0.4 is 0 Å². The topological polar surface area (TPSA) is 50.9 Å². The van der Waals surface area contributed by atoms with Gasteiger partial charge in [0.25, 0.3) is 0 Å². The second-order valence-corrected chi connectivity index (χ2v) is 6.84. The number of aliphatic hydroxyl groups excluding tert-OH is 1. The van der Waals surface area contributed by atoms with E-state index >= 15 is 0 Å².